The van der Waals surface area contributed by atoms with Gasteiger partial charge in [0.05, 0.1) is 5.41 Å². The molecular formula is C13H14FNO3. The summed E-state index contributed by atoms with van der Waals surface area (Å²) in [6, 6.07) is 5.53. The zero-order valence-electron chi connectivity index (χ0n) is 9.78. The maximum atomic E-state index is 12.9. The van der Waals surface area contributed by atoms with Crippen LogP contribution in [0.25, 0.3) is 0 Å². The lowest BCUT2D eigenvalue weighted by atomic mass is 9.66. The summed E-state index contributed by atoms with van der Waals surface area (Å²) in [7, 11) is 0. The van der Waals surface area contributed by atoms with Gasteiger partial charge in [0.1, 0.15) is 5.82 Å². The minimum absolute atomic E-state index is 0.0567. The summed E-state index contributed by atoms with van der Waals surface area (Å²) in [5.74, 6) is -1.75. The van der Waals surface area contributed by atoms with E-state index in [1.165, 1.54) is 18.2 Å². The standard InChI is InChI=1S/C13H14FNO3/c14-9-3-1-4-10(7-9)15-11(16)8-13(12(17)18)5-2-6-13/h1,3-4,7H,2,5-6,8H2,(H,15,16)(H,17,18). The highest BCUT2D eigenvalue weighted by molar-refractivity contribution is 5.94. The fourth-order valence-electron chi connectivity index (χ4n) is 2.15. The maximum absolute atomic E-state index is 12.9. The number of hydrogen-bond donors (Lipinski definition) is 2. The van der Waals surface area contributed by atoms with Crippen molar-refractivity contribution >= 4 is 17.6 Å². The van der Waals surface area contributed by atoms with E-state index in [2.05, 4.69) is 5.32 Å². The molecule has 2 N–H and O–H groups in total. The Balaban J connectivity index is 1.99. The largest absolute Gasteiger partial charge is 0.481 e. The highest BCUT2D eigenvalue weighted by atomic mass is 19.1. The van der Waals surface area contributed by atoms with E-state index in [0.29, 0.717) is 18.5 Å². The molecule has 0 aliphatic heterocycles. The number of amides is 1. The van der Waals surface area contributed by atoms with Crippen molar-refractivity contribution in [2.45, 2.75) is 25.7 Å². The Labute approximate surface area is 104 Å². The molecule has 2 rings (SSSR count). The lowest BCUT2D eigenvalue weighted by Gasteiger charge is -2.36. The molecule has 1 aliphatic carbocycles. The van der Waals surface area contributed by atoms with Crippen LogP contribution in [0.2, 0.25) is 0 Å². The molecule has 5 heteroatoms. The molecule has 1 saturated carbocycles. The number of aliphatic carboxylic acids is 1. The normalized spacial score (nSPS) is 16.7. The van der Waals surface area contributed by atoms with E-state index < -0.39 is 17.2 Å². The summed E-state index contributed by atoms with van der Waals surface area (Å²) in [5.41, 5.74) is -0.572. The SMILES string of the molecule is O=C(CC1(C(=O)O)CCC1)Nc1cccc(F)c1. The molecule has 0 atom stereocenters. The molecule has 1 fully saturated rings. The number of carbonyl (C=O) groups is 2. The molecule has 0 bridgehead atoms. The minimum atomic E-state index is -0.928. The number of anilines is 1. The van der Waals surface area contributed by atoms with Gasteiger partial charge in [-0.3, -0.25) is 9.59 Å². The summed E-state index contributed by atoms with van der Waals surface area (Å²) >= 11 is 0. The summed E-state index contributed by atoms with van der Waals surface area (Å²) in [4.78, 5) is 22.8. The second-order valence-corrected chi connectivity index (χ2v) is 4.67. The van der Waals surface area contributed by atoms with Crippen molar-refractivity contribution in [2.75, 3.05) is 5.32 Å². The van der Waals surface area contributed by atoms with Gasteiger partial charge in [0.25, 0.3) is 0 Å². The Bertz CT molecular complexity index is 483. The van der Waals surface area contributed by atoms with Crippen LogP contribution < -0.4 is 5.32 Å². The van der Waals surface area contributed by atoms with Crippen molar-refractivity contribution in [3.8, 4) is 0 Å². The average molecular weight is 251 g/mol. The maximum Gasteiger partial charge on any atom is 0.310 e. The minimum Gasteiger partial charge on any atom is -0.481 e. The first-order valence-corrected chi connectivity index (χ1v) is 5.81. The number of carbonyl (C=O) groups excluding carboxylic acids is 1. The lowest BCUT2D eigenvalue weighted by molar-refractivity contribution is -0.157. The van der Waals surface area contributed by atoms with Crippen LogP contribution in [0, 0.1) is 11.2 Å². The van der Waals surface area contributed by atoms with Crippen LogP contribution in [0.4, 0.5) is 10.1 Å². The second-order valence-electron chi connectivity index (χ2n) is 4.67. The number of benzene rings is 1. The second kappa shape index (κ2) is 4.76. The summed E-state index contributed by atoms with van der Waals surface area (Å²) in [6.07, 6.45) is 1.83. The molecule has 18 heavy (non-hydrogen) atoms. The first kappa shape index (κ1) is 12.5. The van der Waals surface area contributed by atoms with Crippen LogP contribution >= 0.6 is 0 Å². The molecule has 0 unspecified atom stereocenters. The molecule has 0 spiro atoms. The van der Waals surface area contributed by atoms with Gasteiger partial charge in [-0.15, -0.1) is 0 Å². The van der Waals surface area contributed by atoms with Crippen LogP contribution in [0.3, 0.4) is 0 Å². The Morgan fingerprint density at radius 3 is 2.61 bits per heavy atom. The first-order valence-electron chi connectivity index (χ1n) is 5.81. The van der Waals surface area contributed by atoms with Crippen molar-refractivity contribution in [2.24, 2.45) is 5.41 Å². The van der Waals surface area contributed by atoms with Crippen LogP contribution in [0.1, 0.15) is 25.7 Å². The molecule has 1 aliphatic rings. The van der Waals surface area contributed by atoms with Crippen molar-refractivity contribution in [3.63, 3.8) is 0 Å². The molecule has 4 nitrogen and oxygen atoms in total. The Kier molecular flexibility index (Phi) is 3.32. The fourth-order valence-corrected chi connectivity index (χ4v) is 2.15. The predicted octanol–water partition coefficient (Wildman–Crippen LogP) is 2.41. The third-order valence-electron chi connectivity index (χ3n) is 3.37. The fraction of sp³-hybridized carbons (Fsp3) is 0.385. The zero-order chi connectivity index (χ0) is 13.2. The van der Waals surface area contributed by atoms with E-state index in [1.54, 1.807) is 6.07 Å². The summed E-state index contributed by atoms with van der Waals surface area (Å²) in [6.45, 7) is 0. The third-order valence-corrected chi connectivity index (χ3v) is 3.37. The van der Waals surface area contributed by atoms with E-state index in [0.717, 1.165) is 6.42 Å². The van der Waals surface area contributed by atoms with Crippen molar-refractivity contribution in [1.29, 1.82) is 0 Å². The molecule has 1 aromatic rings. The van der Waals surface area contributed by atoms with E-state index >= 15 is 0 Å². The summed E-state index contributed by atoms with van der Waals surface area (Å²) in [5, 5.41) is 11.6. The number of halogens is 1. The Morgan fingerprint density at radius 1 is 1.39 bits per heavy atom. The number of nitrogens with one attached hydrogen (secondary N) is 1. The molecule has 0 radical (unpaired) electrons. The van der Waals surface area contributed by atoms with Gasteiger partial charge in [0.15, 0.2) is 0 Å². The first-order chi connectivity index (χ1) is 8.52. The Hall–Kier alpha value is -1.91. The van der Waals surface area contributed by atoms with Gasteiger partial charge < -0.3 is 10.4 Å². The summed E-state index contributed by atoms with van der Waals surface area (Å²) < 4.78 is 12.9. The Morgan fingerprint density at radius 2 is 2.11 bits per heavy atom. The van der Waals surface area contributed by atoms with Gasteiger partial charge in [0, 0.05) is 12.1 Å². The molecule has 0 saturated heterocycles. The smallest absolute Gasteiger partial charge is 0.310 e. The monoisotopic (exact) mass is 251 g/mol. The number of hydrogen-bond acceptors (Lipinski definition) is 2. The van der Waals surface area contributed by atoms with Gasteiger partial charge in [0.2, 0.25) is 5.91 Å². The number of carboxylic acids is 1. The van der Waals surface area contributed by atoms with Crippen molar-refractivity contribution in [3.05, 3.63) is 30.1 Å². The molecule has 0 heterocycles. The molecule has 1 aromatic carbocycles. The zero-order valence-corrected chi connectivity index (χ0v) is 9.78. The molecule has 1 amide bonds. The van der Waals surface area contributed by atoms with Gasteiger partial charge in [-0.2, -0.15) is 0 Å². The van der Waals surface area contributed by atoms with Gasteiger partial charge in [-0.1, -0.05) is 12.5 Å². The highest BCUT2D eigenvalue weighted by Gasteiger charge is 2.45. The topological polar surface area (TPSA) is 66.4 Å². The van der Waals surface area contributed by atoms with Crippen molar-refractivity contribution < 1.29 is 19.1 Å². The van der Waals surface area contributed by atoms with Gasteiger partial charge in [-0.25, -0.2) is 4.39 Å². The molecule has 96 valence electrons. The van der Waals surface area contributed by atoms with E-state index in [1.807, 2.05) is 0 Å². The van der Waals surface area contributed by atoms with Crippen LogP contribution in [-0.4, -0.2) is 17.0 Å². The van der Waals surface area contributed by atoms with Crippen LogP contribution in [-0.2, 0) is 9.59 Å². The molecule has 0 aromatic heterocycles. The van der Waals surface area contributed by atoms with E-state index in [-0.39, 0.29) is 12.3 Å². The van der Waals surface area contributed by atoms with Crippen LogP contribution in [0.5, 0.6) is 0 Å². The van der Waals surface area contributed by atoms with Gasteiger partial charge >= 0.3 is 5.97 Å². The number of rotatable bonds is 4. The van der Waals surface area contributed by atoms with Crippen LogP contribution in [0.15, 0.2) is 24.3 Å². The predicted molar refractivity (Wildman–Crippen MR) is 63.6 cm³/mol. The molecular weight excluding hydrogens is 237 g/mol. The van der Waals surface area contributed by atoms with Crippen molar-refractivity contribution in [1.82, 2.24) is 0 Å². The van der Waals surface area contributed by atoms with E-state index in [4.69, 9.17) is 5.11 Å². The quantitative estimate of drug-likeness (QED) is 0.863. The van der Waals surface area contributed by atoms with Gasteiger partial charge in [-0.05, 0) is 31.0 Å². The lowest BCUT2D eigenvalue weighted by Crippen LogP contribution is -2.41. The third kappa shape index (κ3) is 2.50. The number of carboxylic acid groups (broad SMARTS) is 1. The average Bonchev–Trinajstić information content (AvgIpc) is 2.23. The highest BCUT2D eigenvalue weighted by Crippen LogP contribution is 2.44. The van der Waals surface area contributed by atoms with E-state index in [9.17, 15) is 14.0 Å².